The van der Waals surface area contributed by atoms with Crippen LogP contribution in [-0.2, 0) is 0 Å². The molecule has 2 saturated carbocycles. The van der Waals surface area contributed by atoms with Crippen molar-refractivity contribution in [3.63, 3.8) is 0 Å². The second-order valence-corrected chi connectivity index (χ2v) is 10.7. The highest BCUT2D eigenvalue weighted by Crippen LogP contribution is 2.32. The van der Waals surface area contributed by atoms with E-state index in [2.05, 4.69) is 19.1 Å². The van der Waals surface area contributed by atoms with Crippen molar-refractivity contribution in [3.8, 4) is 0 Å². The summed E-state index contributed by atoms with van der Waals surface area (Å²) in [5.74, 6) is 2.43. The Labute approximate surface area is 176 Å². The molecule has 2 nitrogen and oxygen atoms in total. The summed E-state index contributed by atoms with van der Waals surface area (Å²) in [6.45, 7) is 2.44. The van der Waals surface area contributed by atoms with E-state index in [0.29, 0.717) is 5.92 Å². The third-order valence-corrected chi connectivity index (χ3v) is 8.16. The number of thiazole rings is 1. The lowest BCUT2D eigenvalue weighted by atomic mass is 9.61. The van der Waals surface area contributed by atoms with E-state index in [1.807, 2.05) is 11.3 Å². The Kier molecular flexibility index (Phi) is 7.45. The van der Waals surface area contributed by atoms with Crippen molar-refractivity contribution in [2.45, 2.75) is 109 Å². The number of fused-ring (bicyclic) bond motifs is 1. The number of aromatic nitrogens is 2. The van der Waals surface area contributed by atoms with Crippen LogP contribution in [-0.4, -0.2) is 17.2 Å². The molecule has 4 heteroatoms. The molecule has 2 fully saturated rings. The monoisotopic (exact) mass is 396 g/mol. The average Bonchev–Trinajstić information content (AvgIpc) is 3.09. The standard InChI is InChI=1S/C24H37BN2S/c1-18-10-7-8-14-20(15-9-11-18)25-24-27-22-17-16-21(26-23(22)28-24)19-12-5-3-2-4-6-13-19/h16-20,25H,2-15H2,1H3. The zero-order valence-corrected chi connectivity index (χ0v) is 18.6. The summed E-state index contributed by atoms with van der Waals surface area (Å²) in [4.78, 5) is 12.6. The molecule has 2 aliphatic rings. The Morgan fingerprint density at radius 2 is 1.46 bits per heavy atom. The van der Waals surface area contributed by atoms with Crippen molar-refractivity contribution in [2.75, 3.05) is 0 Å². The van der Waals surface area contributed by atoms with Gasteiger partial charge in [-0.1, -0.05) is 89.8 Å². The van der Waals surface area contributed by atoms with Gasteiger partial charge >= 0.3 is 0 Å². The summed E-state index contributed by atoms with van der Waals surface area (Å²) < 4.78 is 0. The predicted octanol–water partition coefficient (Wildman–Crippen LogP) is 6.75. The Bertz CT molecular complexity index is 735. The van der Waals surface area contributed by atoms with Crippen molar-refractivity contribution in [2.24, 2.45) is 5.92 Å². The van der Waals surface area contributed by atoms with E-state index in [1.54, 1.807) is 0 Å². The van der Waals surface area contributed by atoms with Gasteiger partial charge in [0.1, 0.15) is 4.83 Å². The van der Waals surface area contributed by atoms with E-state index in [-0.39, 0.29) is 0 Å². The van der Waals surface area contributed by atoms with Gasteiger partial charge in [0, 0.05) is 11.6 Å². The smallest absolute Gasteiger partial charge is 0.199 e. The van der Waals surface area contributed by atoms with Crippen molar-refractivity contribution in [3.05, 3.63) is 17.8 Å². The van der Waals surface area contributed by atoms with Crippen LogP contribution in [0.2, 0.25) is 5.82 Å². The highest BCUT2D eigenvalue weighted by molar-refractivity contribution is 7.26. The van der Waals surface area contributed by atoms with Crippen LogP contribution in [0.5, 0.6) is 0 Å². The molecule has 2 heterocycles. The predicted molar refractivity (Wildman–Crippen MR) is 124 cm³/mol. The number of hydrogen-bond acceptors (Lipinski definition) is 3. The zero-order chi connectivity index (χ0) is 19.2. The van der Waals surface area contributed by atoms with Gasteiger partial charge in [0.25, 0.3) is 0 Å². The lowest BCUT2D eigenvalue weighted by molar-refractivity contribution is 0.450. The number of pyridine rings is 1. The van der Waals surface area contributed by atoms with Crippen LogP contribution in [0, 0.1) is 5.92 Å². The van der Waals surface area contributed by atoms with Crippen LogP contribution in [0.1, 0.15) is 108 Å². The van der Waals surface area contributed by atoms with E-state index in [0.717, 1.165) is 17.3 Å². The molecule has 0 aromatic carbocycles. The van der Waals surface area contributed by atoms with Gasteiger partial charge in [0.2, 0.25) is 0 Å². The van der Waals surface area contributed by atoms with E-state index in [9.17, 15) is 0 Å². The molecule has 2 aromatic heterocycles. The van der Waals surface area contributed by atoms with Gasteiger partial charge in [-0.05, 0) is 30.9 Å². The zero-order valence-electron chi connectivity index (χ0n) is 17.8. The first-order valence-corrected chi connectivity index (χ1v) is 12.9. The largest absolute Gasteiger partial charge is 0.250 e. The fraction of sp³-hybridized carbons (Fsp3) is 0.750. The van der Waals surface area contributed by atoms with Gasteiger partial charge < -0.3 is 0 Å². The normalized spacial score (nSPS) is 26.0. The van der Waals surface area contributed by atoms with E-state index < -0.39 is 0 Å². The van der Waals surface area contributed by atoms with Crippen LogP contribution in [0.25, 0.3) is 10.3 Å². The van der Waals surface area contributed by atoms with Crippen LogP contribution in [0.15, 0.2) is 12.1 Å². The van der Waals surface area contributed by atoms with Crippen molar-refractivity contribution in [1.29, 1.82) is 0 Å². The van der Waals surface area contributed by atoms with Gasteiger partial charge in [-0.2, -0.15) is 0 Å². The summed E-state index contributed by atoms with van der Waals surface area (Å²) >= 11 is 1.87. The summed E-state index contributed by atoms with van der Waals surface area (Å²) in [6, 6.07) is 4.53. The minimum Gasteiger partial charge on any atom is -0.250 e. The first-order valence-electron chi connectivity index (χ1n) is 12.0. The third-order valence-electron chi connectivity index (χ3n) is 7.18. The third kappa shape index (κ3) is 5.59. The molecule has 0 spiro atoms. The maximum atomic E-state index is 5.10. The maximum absolute atomic E-state index is 5.10. The van der Waals surface area contributed by atoms with E-state index >= 15 is 0 Å². The quantitative estimate of drug-likeness (QED) is 0.536. The molecule has 4 rings (SSSR count). The molecular formula is C24H37BN2S. The molecule has 2 atom stereocenters. The minimum absolute atomic E-state index is 0.673. The molecule has 28 heavy (non-hydrogen) atoms. The van der Waals surface area contributed by atoms with Crippen molar-refractivity contribution < 1.29 is 0 Å². The first kappa shape index (κ1) is 20.4. The molecule has 2 aromatic rings. The number of nitrogens with zero attached hydrogens (tertiary/aromatic N) is 2. The SMILES string of the molecule is CC1CCCCC(Bc2nc3ccc(C4CCCCCCC4)nc3s2)CCC1. The summed E-state index contributed by atoms with van der Waals surface area (Å²) in [5.41, 5.74) is 2.47. The van der Waals surface area contributed by atoms with Gasteiger partial charge in [-0.25, -0.2) is 4.98 Å². The van der Waals surface area contributed by atoms with Gasteiger partial charge in [0.15, 0.2) is 7.28 Å². The summed E-state index contributed by atoms with van der Waals surface area (Å²) in [5, 5.41) is 0. The molecule has 2 unspecified atom stereocenters. The maximum Gasteiger partial charge on any atom is 0.199 e. The Morgan fingerprint density at radius 3 is 2.32 bits per heavy atom. The topological polar surface area (TPSA) is 25.8 Å². The summed E-state index contributed by atoms with van der Waals surface area (Å²) in [6.07, 6.45) is 19.5. The molecule has 152 valence electrons. The number of hydrogen-bond donors (Lipinski definition) is 0. The molecule has 2 aliphatic carbocycles. The second-order valence-electron chi connectivity index (χ2n) is 9.60. The molecule has 0 aliphatic heterocycles. The second kappa shape index (κ2) is 10.2. The van der Waals surface area contributed by atoms with Crippen molar-refractivity contribution in [1.82, 2.24) is 9.97 Å². The minimum atomic E-state index is 0.673. The highest BCUT2D eigenvalue weighted by atomic mass is 32.1. The fourth-order valence-electron chi connectivity index (χ4n) is 5.36. The lowest BCUT2D eigenvalue weighted by Gasteiger charge is -2.18. The van der Waals surface area contributed by atoms with Crippen LogP contribution < -0.4 is 4.91 Å². The molecule has 0 radical (unpaired) electrons. The number of rotatable bonds is 3. The van der Waals surface area contributed by atoms with Crippen molar-refractivity contribution >= 4 is 33.9 Å². The molecule has 0 amide bonds. The molecule has 0 saturated heterocycles. The molecule has 0 N–H and O–H groups in total. The fourth-order valence-corrected chi connectivity index (χ4v) is 6.42. The average molecular weight is 396 g/mol. The summed E-state index contributed by atoms with van der Waals surface area (Å²) in [7, 11) is 1.17. The van der Waals surface area contributed by atoms with Crippen LogP contribution in [0.3, 0.4) is 0 Å². The Balaban J connectivity index is 1.43. The van der Waals surface area contributed by atoms with Crippen LogP contribution in [0.4, 0.5) is 0 Å². The Hall–Kier alpha value is -0.895. The Morgan fingerprint density at radius 1 is 0.786 bits per heavy atom. The highest BCUT2D eigenvalue weighted by Gasteiger charge is 2.19. The van der Waals surface area contributed by atoms with Crippen LogP contribution >= 0.6 is 11.3 Å². The van der Waals surface area contributed by atoms with Gasteiger partial charge in [-0.3, -0.25) is 4.98 Å². The van der Waals surface area contributed by atoms with E-state index in [1.165, 1.54) is 113 Å². The van der Waals surface area contributed by atoms with Gasteiger partial charge in [-0.15, -0.1) is 11.3 Å². The lowest BCUT2D eigenvalue weighted by Crippen LogP contribution is -2.19. The molecular weight excluding hydrogens is 359 g/mol. The first-order chi connectivity index (χ1) is 13.8. The van der Waals surface area contributed by atoms with Gasteiger partial charge in [0.05, 0.1) is 10.4 Å². The molecule has 0 bridgehead atoms. The van der Waals surface area contributed by atoms with E-state index in [4.69, 9.17) is 9.97 Å².